The number of carboxylic acid groups (broad SMARTS) is 1. The van der Waals surface area contributed by atoms with Gasteiger partial charge in [0.05, 0.1) is 17.7 Å². The minimum Gasteiger partial charge on any atom is -0.481 e. The van der Waals surface area contributed by atoms with Crippen LogP contribution in [0.3, 0.4) is 0 Å². The lowest BCUT2D eigenvalue weighted by Gasteiger charge is -2.38. The van der Waals surface area contributed by atoms with E-state index >= 15 is 0 Å². The highest BCUT2D eigenvalue weighted by Crippen LogP contribution is 2.36. The number of rotatable bonds is 5. The Kier molecular flexibility index (Phi) is 5.13. The molecule has 4 nitrogen and oxygen atoms in total. The van der Waals surface area contributed by atoms with E-state index in [0.717, 1.165) is 42.7 Å². The maximum Gasteiger partial charge on any atom is 0.305 e. The molecule has 112 valence electrons. The number of aliphatic carboxylic acids is 1. The largest absolute Gasteiger partial charge is 0.481 e. The smallest absolute Gasteiger partial charge is 0.305 e. The first kappa shape index (κ1) is 15.7. The summed E-state index contributed by atoms with van der Waals surface area (Å²) in [5.74, 6) is -0.788. The van der Waals surface area contributed by atoms with Crippen LogP contribution in [0.1, 0.15) is 44.1 Å². The average Bonchev–Trinajstić information content (AvgIpc) is 2.46. The summed E-state index contributed by atoms with van der Waals surface area (Å²) < 4.78 is 0. The molecule has 0 aromatic heterocycles. The standard InChI is InChI=1S/C16H20N2O2S/c1-21-14-7-5-6-13(12(14)11-17)18-16(10-15(19)20)8-3-2-4-9-16/h5-7,18H,2-4,8-10H2,1H3,(H,19,20). The fraction of sp³-hybridized carbons (Fsp3) is 0.500. The molecule has 0 saturated heterocycles. The van der Waals surface area contributed by atoms with Crippen LogP contribution in [0.15, 0.2) is 23.1 Å². The number of nitriles is 1. The number of carbonyl (C=O) groups is 1. The maximum atomic E-state index is 11.2. The van der Waals surface area contributed by atoms with Gasteiger partial charge in [-0.15, -0.1) is 11.8 Å². The van der Waals surface area contributed by atoms with Crippen LogP contribution in [0.25, 0.3) is 0 Å². The van der Waals surface area contributed by atoms with Gasteiger partial charge in [-0.1, -0.05) is 25.3 Å². The lowest BCUT2D eigenvalue weighted by molar-refractivity contribution is -0.138. The summed E-state index contributed by atoms with van der Waals surface area (Å²) in [7, 11) is 0. The fourth-order valence-electron chi connectivity index (χ4n) is 3.07. The molecule has 2 N–H and O–H groups in total. The normalized spacial score (nSPS) is 17.0. The van der Waals surface area contributed by atoms with E-state index in [1.807, 2.05) is 24.5 Å². The molecule has 1 fully saturated rings. The third-order valence-corrected chi connectivity index (χ3v) is 4.84. The Labute approximate surface area is 129 Å². The number of thioether (sulfide) groups is 1. The predicted molar refractivity (Wildman–Crippen MR) is 84.6 cm³/mol. The van der Waals surface area contributed by atoms with Crippen molar-refractivity contribution in [3.8, 4) is 6.07 Å². The van der Waals surface area contributed by atoms with E-state index in [0.29, 0.717) is 5.56 Å². The molecule has 0 radical (unpaired) electrons. The number of benzene rings is 1. The van der Waals surface area contributed by atoms with Crippen molar-refractivity contribution in [1.29, 1.82) is 5.26 Å². The molecule has 5 heteroatoms. The lowest BCUT2D eigenvalue weighted by atomic mass is 9.79. The van der Waals surface area contributed by atoms with Gasteiger partial charge in [0.1, 0.15) is 6.07 Å². The molecule has 0 bridgehead atoms. The van der Waals surface area contributed by atoms with Crippen LogP contribution in [0.5, 0.6) is 0 Å². The van der Waals surface area contributed by atoms with E-state index in [2.05, 4.69) is 11.4 Å². The highest BCUT2D eigenvalue weighted by atomic mass is 32.2. The molecular formula is C16H20N2O2S. The van der Waals surface area contributed by atoms with E-state index in [9.17, 15) is 15.2 Å². The Morgan fingerprint density at radius 1 is 1.43 bits per heavy atom. The highest BCUT2D eigenvalue weighted by molar-refractivity contribution is 7.98. The Morgan fingerprint density at radius 2 is 2.14 bits per heavy atom. The zero-order valence-electron chi connectivity index (χ0n) is 12.2. The van der Waals surface area contributed by atoms with Crippen molar-refractivity contribution >= 4 is 23.4 Å². The molecule has 0 amide bonds. The summed E-state index contributed by atoms with van der Waals surface area (Å²) in [6.45, 7) is 0. The van der Waals surface area contributed by atoms with Gasteiger partial charge in [-0.3, -0.25) is 4.79 Å². The van der Waals surface area contributed by atoms with Crippen molar-refractivity contribution < 1.29 is 9.90 Å². The molecule has 1 aromatic carbocycles. The van der Waals surface area contributed by atoms with Crippen LogP contribution < -0.4 is 5.32 Å². The van der Waals surface area contributed by atoms with E-state index in [4.69, 9.17) is 0 Å². The Hall–Kier alpha value is -1.67. The van der Waals surface area contributed by atoms with Crippen molar-refractivity contribution in [1.82, 2.24) is 0 Å². The van der Waals surface area contributed by atoms with Gasteiger partial charge in [0, 0.05) is 10.4 Å². The predicted octanol–water partition coefficient (Wildman–Crippen LogP) is 3.87. The monoisotopic (exact) mass is 304 g/mol. The van der Waals surface area contributed by atoms with Crippen LogP contribution in [-0.2, 0) is 4.79 Å². The van der Waals surface area contributed by atoms with E-state index in [-0.39, 0.29) is 6.42 Å². The zero-order valence-corrected chi connectivity index (χ0v) is 13.0. The second-order valence-electron chi connectivity index (χ2n) is 5.53. The summed E-state index contributed by atoms with van der Waals surface area (Å²) >= 11 is 1.53. The Balaban J connectivity index is 2.33. The van der Waals surface area contributed by atoms with Gasteiger partial charge in [-0.2, -0.15) is 5.26 Å². The number of nitrogens with one attached hydrogen (secondary N) is 1. The van der Waals surface area contributed by atoms with Crippen LogP contribution in [-0.4, -0.2) is 22.9 Å². The summed E-state index contributed by atoms with van der Waals surface area (Å²) in [5.41, 5.74) is 0.944. The van der Waals surface area contributed by atoms with E-state index < -0.39 is 11.5 Å². The molecule has 1 saturated carbocycles. The third kappa shape index (κ3) is 3.70. The van der Waals surface area contributed by atoms with Gasteiger partial charge >= 0.3 is 5.97 Å². The molecule has 21 heavy (non-hydrogen) atoms. The number of nitrogens with zero attached hydrogens (tertiary/aromatic N) is 1. The summed E-state index contributed by atoms with van der Waals surface area (Å²) in [4.78, 5) is 12.2. The molecule has 0 unspecified atom stereocenters. The van der Waals surface area contributed by atoms with Gasteiger partial charge in [0.2, 0.25) is 0 Å². The van der Waals surface area contributed by atoms with Crippen LogP contribution in [0.4, 0.5) is 5.69 Å². The molecule has 1 aliphatic rings. The van der Waals surface area contributed by atoms with Gasteiger partial charge in [-0.05, 0) is 31.2 Å². The third-order valence-electron chi connectivity index (χ3n) is 4.06. The highest BCUT2D eigenvalue weighted by Gasteiger charge is 2.34. The lowest BCUT2D eigenvalue weighted by Crippen LogP contribution is -2.42. The van der Waals surface area contributed by atoms with Crippen molar-refractivity contribution in [2.75, 3.05) is 11.6 Å². The number of carboxylic acids is 1. The van der Waals surface area contributed by atoms with Gasteiger partial charge in [0.25, 0.3) is 0 Å². The fourth-order valence-corrected chi connectivity index (χ4v) is 3.64. The zero-order chi connectivity index (χ0) is 15.3. The van der Waals surface area contributed by atoms with Crippen molar-refractivity contribution in [3.63, 3.8) is 0 Å². The van der Waals surface area contributed by atoms with Crippen molar-refractivity contribution in [2.24, 2.45) is 0 Å². The number of hydrogen-bond acceptors (Lipinski definition) is 4. The summed E-state index contributed by atoms with van der Waals surface area (Å²) in [6.07, 6.45) is 6.93. The molecule has 2 rings (SSSR count). The number of hydrogen-bond donors (Lipinski definition) is 2. The van der Waals surface area contributed by atoms with Crippen LogP contribution >= 0.6 is 11.8 Å². The minimum atomic E-state index is -0.788. The summed E-state index contributed by atoms with van der Waals surface area (Å²) in [5, 5.41) is 22.0. The second-order valence-corrected chi connectivity index (χ2v) is 6.38. The topological polar surface area (TPSA) is 73.1 Å². The molecule has 0 spiro atoms. The quantitative estimate of drug-likeness (QED) is 0.808. The Bertz CT molecular complexity index is 560. The van der Waals surface area contributed by atoms with Crippen molar-refractivity contribution in [2.45, 2.75) is 49.0 Å². The van der Waals surface area contributed by atoms with E-state index in [1.165, 1.54) is 11.8 Å². The Morgan fingerprint density at radius 3 is 2.71 bits per heavy atom. The molecule has 1 aliphatic carbocycles. The molecule has 0 heterocycles. The van der Waals surface area contributed by atoms with Crippen LogP contribution in [0, 0.1) is 11.3 Å². The first-order valence-corrected chi connectivity index (χ1v) is 8.40. The first-order chi connectivity index (χ1) is 10.1. The SMILES string of the molecule is CSc1cccc(NC2(CC(=O)O)CCCCC2)c1C#N. The van der Waals surface area contributed by atoms with Crippen LogP contribution in [0.2, 0.25) is 0 Å². The molecular weight excluding hydrogens is 284 g/mol. The molecule has 0 atom stereocenters. The number of anilines is 1. The van der Waals surface area contributed by atoms with Crippen molar-refractivity contribution in [3.05, 3.63) is 23.8 Å². The maximum absolute atomic E-state index is 11.2. The minimum absolute atomic E-state index is 0.0986. The second kappa shape index (κ2) is 6.86. The molecule has 1 aromatic rings. The van der Waals surface area contributed by atoms with Gasteiger partial charge in [0.15, 0.2) is 0 Å². The average molecular weight is 304 g/mol. The van der Waals surface area contributed by atoms with E-state index in [1.54, 1.807) is 0 Å². The van der Waals surface area contributed by atoms with Gasteiger partial charge in [-0.25, -0.2) is 0 Å². The first-order valence-electron chi connectivity index (χ1n) is 7.17. The van der Waals surface area contributed by atoms with Gasteiger partial charge < -0.3 is 10.4 Å². The summed E-state index contributed by atoms with van der Waals surface area (Å²) in [6, 6.07) is 7.94. The molecule has 0 aliphatic heterocycles.